The topological polar surface area (TPSA) is 21.3 Å². The van der Waals surface area contributed by atoms with E-state index >= 15 is 0 Å². The normalized spacial score (nSPS) is 10.8. The van der Waals surface area contributed by atoms with Crippen molar-refractivity contribution in [1.29, 1.82) is 0 Å². The summed E-state index contributed by atoms with van der Waals surface area (Å²) in [6, 6.07) is 13.3. The number of hydrogen-bond acceptors (Lipinski definition) is 2. The first-order valence-corrected chi connectivity index (χ1v) is 7.20. The van der Waals surface area contributed by atoms with Crippen LogP contribution in [-0.4, -0.2) is 7.11 Å². The molecule has 0 fully saturated rings. The standard InChI is InChI=1S/C16H17BrFNO/c1-20-11-13-5-2-4-12(8-13)9-19-10-14-6-3-7-15(18)16(14)17/h2-8,19H,9-11H2,1H3. The number of hydrogen-bond donors (Lipinski definition) is 1. The molecule has 4 heteroatoms. The van der Waals surface area contributed by atoms with Crippen LogP contribution in [0.3, 0.4) is 0 Å². The summed E-state index contributed by atoms with van der Waals surface area (Å²) in [6.07, 6.45) is 0. The van der Waals surface area contributed by atoms with E-state index < -0.39 is 0 Å². The predicted molar refractivity (Wildman–Crippen MR) is 81.8 cm³/mol. The Labute approximate surface area is 127 Å². The van der Waals surface area contributed by atoms with Crippen molar-refractivity contribution in [3.05, 3.63) is 69.4 Å². The average molecular weight is 338 g/mol. The second-order valence-corrected chi connectivity index (χ2v) is 5.36. The van der Waals surface area contributed by atoms with Crippen molar-refractivity contribution in [3.8, 4) is 0 Å². The lowest BCUT2D eigenvalue weighted by Gasteiger charge is -2.09. The number of ether oxygens (including phenoxy) is 1. The van der Waals surface area contributed by atoms with Crippen LogP contribution in [0.15, 0.2) is 46.9 Å². The Kier molecular flexibility index (Phi) is 5.71. The lowest BCUT2D eigenvalue weighted by molar-refractivity contribution is 0.185. The van der Waals surface area contributed by atoms with Gasteiger partial charge in [0.1, 0.15) is 5.82 Å². The highest BCUT2D eigenvalue weighted by atomic mass is 79.9. The molecule has 0 unspecified atom stereocenters. The number of benzene rings is 2. The fourth-order valence-electron chi connectivity index (χ4n) is 2.02. The van der Waals surface area contributed by atoms with Crippen LogP contribution in [0.5, 0.6) is 0 Å². The van der Waals surface area contributed by atoms with E-state index in [4.69, 9.17) is 4.74 Å². The van der Waals surface area contributed by atoms with Crippen molar-refractivity contribution in [2.45, 2.75) is 19.7 Å². The maximum Gasteiger partial charge on any atom is 0.137 e. The summed E-state index contributed by atoms with van der Waals surface area (Å²) in [5.41, 5.74) is 3.25. The van der Waals surface area contributed by atoms with E-state index in [1.807, 2.05) is 18.2 Å². The first-order valence-electron chi connectivity index (χ1n) is 6.41. The van der Waals surface area contributed by atoms with Crippen molar-refractivity contribution >= 4 is 15.9 Å². The molecule has 20 heavy (non-hydrogen) atoms. The smallest absolute Gasteiger partial charge is 0.137 e. The highest BCUT2D eigenvalue weighted by molar-refractivity contribution is 9.10. The fourth-order valence-corrected chi connectivity index (χ4v) is 2.43. The minimum atomic E-state index is -0.230. The van der Waals surface area contributed by atoms with Crippen LogP contribution in [0.25, 0.3) is 0 Å². The quantitative estimate of drug-likeness (QED) is 0.859. The Balaban J connectivity index is 1.92. The lowest BCUT2D eigenvalue weighted by Crippen LogP contribution is -2.13. The van der Waals surface area contributed by atoms with Crippen molar-refractivity contribution in [2.75, 3.05) is 7.11 Å². The van der Waals surface area contributed by atoms with Gasteiger partial charge in [-0.05, 0) is 38.7 Å². The minimum absolute atomic E-state index is 0.230. The molecule has 106 valence electrons. The van der Waals surface area contributed by atoms with Crippen LogP contribution in [0.1, 0.15) is 16.7 Å². The van der Waals surface area contributed by atoms with Gasteiger partial charge in [-0.15, -0.1) is 0 Å². The van der Waals surface area contributed by atoms with Gasteiger partial charge in [0.05, 0.1) is 11.1 Å². The second kappa shape index (κ2) is 7.53. The fraction of sp³-hybridized carbons (Fsp3) is 0.250. The Morgan fingerprint density at radius 1 is 1.10 bits per heavy atom. The van der Waals surface area contributed by atoms with Gasteiger partial charge in [0, 0.05) is 20.2 Å². The van der Waals surface area contributed by atoms with E-state index in [9.17, 15) is 4.39 Å². The molecule has 0 saturated carbocycles. The van der Waals surface area contributed by atoms with Crippen LogP contribution in [0.4, 0.5) is 4.39 Å². The number of methoxy groups -OCH3 is 1. The van der Waals surface area contributed by atoms with Crippen molar-refractivity contribution in [3.63, 3.8) is 0 Å². The zero-order valence-electron chi connectivity index (χ0n) is 11.3. The molecule has 0 heterocycles. The molecular weight excluding hydrogens is 321 g/mol. The average Bonchev–Trinajstić information content (AvgIpc) is 2.44. The summed E-state index contributed by atoms with van der Waals surface area (Å²) >= 11 is 3.27. The predicted octanol–water partition coefficient (Wildman–Crippen LogP) is 4.02. The van der Waals surface area contributed by atoms with Gasteiger partial charge in [-0.2, -0.15) is 0 Å². The van der Waals surface area contributed by atoms with E-state index in [0.717, 1.165) is 17.7 Å². The first-order chi connectivity index (χ1) is 9.70. The van der Waals surface area contributed by atoms with Gasteiger partial charge in [0.25, 0.3) is 0 Å². The summed E-state index contributed by atoms with van der Waals surface area (Å²) in [5.74, 6) is -0.230. The Morgan fingerprint density at radius 3 is 2.65 bits per heavy atom. The molecule has 0 aliphatic carbocycles. The van der Waals surface area contributed by atoms with E-state index in [2.05, 4.69) is 33.4 Å². The largest absolute Gasteiger partial charge is 0.380 e. The van der Waals surface area contributed by atoms with E-state index in [-0.39, 0.29) is 5.82 Å². The third-order valence-corrected chi connectivity index (χ3v) is 3.87. The van der Waals surface area contributed by atoms with E-state index in [1.54, 1.807) is 13.2 Å². The zero-order chi connectivity index (χ0) is 14.4. The first kappa shape index (κ1) is 15.2. The molecule has 1 N–H and O–H groups in total. The summed E-state index contributed by atoms with van der Waals surface area (Å²) in [4.78, 5) is 0. The summed E-state index contributed by atoms with van der Waals surface area (Å²) in [7, 11) is 1.69. The molecule has 0 aliphatic rings. The maximum atomic E-state index is 13.4. The van der Waals surface area contributed by atoms with E-state index in [0.29, 0.717) is 17.6 Å². The molecule has 0 radical (unpaired) electrons. The molecule has 0 spiro atoms. The van der Waals surface area contributed by atoms with Gasteiger partial charge in [0.2, 0.25) is 0 Å². The Morgan fingerprint density at radius 2 is 1.85 bits per heavy atom. The van der Waals surface area contributed by atoms with Crippen LogP contribution >= 0.6 is 15.9 Å². The molecule has 2 rings (SSSR count). The molecule has 0 aromatic heterocycles. The molecule has 0 saturated heterocycles. The van der Waals surface area contributed by atoms with Crippen molar-refractivity contribution < 1.29 is 9.13 Å². The molecular formula is C16H17BrFNO. The molecule has 2 aromatic carbocycles. The number of rotatable bonds is 6. The molecule has 0 amide bonds. The Hall–Kier alpha value is -1.23. The van der Waals surface area contributed by atoms with Gasteiger partial charge < -0.3 is 10.1 Å². The summed E-state index contributed by atoms with van der Waals surface area (Å²) < 4.78 is 19.0. The lowest BCUT2D eigenvalue weighted by atomic mass is 10.1. The van der Waals surface area contributed by atoms with E-state index in [1.165, 1.54) is 11.6 Å². The maximum absolute atomic E-state index is 13.4. The van der Waals surface area contributed by atoms with Gasteiger partial charge in [0.15, 0.2) is 0 Å². The monoisotopic (exact) mass is 337 g/mol. The van der Waals surface area contributed by atoms with Gasteiger partial charge in [-0.1, -0.05) is 36.4 Å². The molecule has 2 nitrogen and oxygen atoms in total. The van der Waals surface area contributed by atoms with Crippen LogP contribution < -0.4 is 5.32 Å². The molecule has 0 atom stereocenters. The van der Waals surface area contributed by atoms with Crippen LogP contribution in [0.2, 0.25) is 0 Å². The molecule has 2 aromatic rings. The van der Waals surface area contributed by atoms with Crippen LogP contribution in [-0.2, 0) is 24.4 Å². The zero-order valence-corrected chi connectivity index (χ0v) is 12.9. The number of nitrogens with one attached hydrogen (secondary N) is 1. The highest BCUT2D eigenvalue weighted by Crippen LogP contribution is 2.20. The minimum Gasteiger partial charge on any atom is -0.380 e. The second-order valence-electron chi connectivity index (χ2n) is 4.57. The van der Waals surface area contributed by atoms with Crippen molar-refractivity contribution in [1.82, 2.24) is 5.32 Å². The van der Waals surface area contributed by atoms with Gasteiger partial charge in [-0.3, -0.25) is 0 Å². The van der Waals surface area contributed by atoms with Gasteiger partial charge in [-0.25, -0.2) is 4.39 Å². The molecule has 0 aliphatic heterocycles. The van der Waals surface area contributed by atoms with Crippen molar-refractivity contribution in [2.24, 2.45) is 0 Å². The van der Waals surface area contributed by atoms with Crippen LogP contribution in [0, 0.1) is 5.82 Å². The highest BCUT2D eigenvalue weighted by Gasteiger charge is 2.04. The summed E-state index contributed by atoms with van der Waals surface area (Å²) in [6.45, 7) is 1.97. The third-order valence-electron chi connectivity index (χ3n) is 2.98. The SMILES string of the molecule is COCc1cccc(CNCc2cccc(F)c2Br)c1. The number of halogens is 2. The Bertz CT molecular complexity index is 574. The third kappa shape index (κ3) is 4.13. The van der Waals surface area contributed by atoms with Gasteiger partial charge >= 0.3 is 0 Å². The molecule has 0 bridgehead atoms. The summed E-state index contributed by atoms with van der Waals surface area (Å²) in [5, 5.41) is 3.32.